The fourth-order valence-electron chi connectivity index (χ4n) is 6.10. The molecular weight excluding hydrogens is 657 g/mol. The van der Waals surface area contributed by atoms with Crippen LogP contribution >= 0.6 is 19.2 Å². The number of carbonyl (C=O) groups is 3. The van der Waals surface area contributed by atoms with Crippen molar-refractivity contribution in [3.8, 4) is 5.75 Å². The lowest BCUT2D eigenvalue weighted by atomic mass is 9.98. The minimum Gasteiger partial charge on any atom is -0.404 e. The van der Waals surface area contributed by atoms with Gasteiger partial charge in [0.05, 0.1) is 23.3 Å². The normalized spacial score (nSPS) is 18.6. The fraction of sp³-hybridized carbons (Fsp3) is 0.250. The van der Waals surface area contributed by atoms with Crippen molar-refractivity contribution in [2.45, 2.75) is 31.7 Å². The van der Waals surface area contributed by atoms with Gasteiger partial charge in [-0.1, -0.05) is 72.0 Å². The Hall–Kier alpha value is -4.79. The predicted molar refractivity (Wildman–Crippen MR) is 179 cm³/mol. The number of rotatable bonds is 10. The number of fused-ring (bicyclic) bond motifs is 2. The van der Waals surface area contributed by atoms with Crippen LogP contribution in [0.5, 0.6) is 5.75 Å². The first-order valence-corrected chi connectivity index (χ1v) is 17.4. The number of amides is 4. The van der Waals surface area contributed by atoms with Crippen LogP contribution < -0.4 is 15.6 Å². The van der Waals surface area contributed by atoms with Gasteiger partial charge in [-0.15, -0.1) is 6.58 Å². The molecule has 2 fully saturated rings. The molecule has 0 aliphatic carbocycles. The number of phosphoric acid groups is 1. The molecule has 16 heteroatoms. The van der Waals surface area contributed by atoms with E-state index >= 15 is 0 Å². The maximum atomic E-state index is 14.3. The highest BCUT2D eigenvalue weighted by Gasteiger charge is 2.51. The number of para-hydroxylation sites is 1. The molecular formula is C32H34N7O7PS. The second-order valence-electron chi connectivity index (χ2n) is 11.4. The van der Waals surface area contributed by atoms with E-state index in [1.165, 1.54) is 33.4 Å². The van der Waals surface area contributed by atoms with Crippen LogP contribution in [-0.4, -0.2) is 84.3 Å². The van der Waals surface area contributed by atoms with Crippen LogP contribution in [0.3, 0.4) is 0 Å². The summed E-state index contributed by atoms with van der Waals surface area (Å²) in [7, 11) is -4.77. The molecule has 4 amide bonds. The van der Waals surface area contributed by atoms with E-state index in [-0.39, 0.29) is 56.7 Å². The lowest BCUT2D eigenvalue weighted by Gasteiger charge is -2.55. The van der Waals surface area contributed by atoms with E-state index in [1.807, 2.05) is 48.5 Å². The lowest BCUT2D eigenvalue weighted by Crippen LogP contribution is -2.76. The lowest BCUT2D eigenvalue weighted by molar-refractivity contribution is -0.189. The summed E-state index contributed by atoms with van der Waals surface area (Å²) in [6.45, 7) is 4.31. The van der Waals surface area contributed by atoms with Crippen molar-refractivity contribution in [2.75, 3.05) is 25.4 Å². The van der Waals surface area contributed by atoms with Gasteiger partial charge in [0, 0.05) is 26.1 Å². The third kappa shape index (κ3) is 7.20. The second-order valence-corrected chi connectivity index (χ2v) is 13.6. The van der Waals surface area contributed by atoms with E-state index in [4.69, 9.17) is 5.73 Å². The van der Waals surface area contributed by atoms with Gasteiger partial charge in [0.15, 0.2) is 5.13 Å². The van der Waals surface area contributed by atoms with Crippen LogP contribution in [0.4, 0.5) is 9.93 Å². The van der Waals surface area contributed by atoms with Gasteiger partial charge in [-0.25, -0.2) is 24.4 Å². The smallest absolute Gasteiger partial charge is 0.404 e. The molecule has 4 aromatic rings. The molecule has 3 heterocycles. The Morgan fingerprint density at radius 2 is 1.83 bits per heavy atom. The van der Waals surface area contributed by atoms with Crippen LogP contribution in [0.15, 0.2) is 85.5 Å². The van der Waals surface area contributed by atoms with Gasteiger partial charge in [-0.3, -0.25) is 19.4 Å². The zero-order chi connectivity index (χ0) is 34.0. The molecule has 0 spiro atoms. The molecule has 6 rings (SSSR count). The van der Waals surface area contributed by atoms with Crippen LogP contribution in [0, 0.1) is 0 Å². The van der Waals surface area contributed by atoms with Gasteiger partial charge < -0.3 is 25.4 Å². The second kappa shape index (κ2) is 13.7. The number of nitrogens with zero attached hydrogens (tertiary/aromatic N) is 5. The molecule has 0 saturated carbocycles. The Bertz CT molecular complexity index is 1880. The van der Waals surface area contributed by atoms with Crippen molar-refractivity contribution in [3.05, 3.63) is 102 Å². The summed E-state index contributed by atoms with van der Waals surface area (Å²) < 4.78 is 16.9. The van der Waals surface area contributed by atoms with Crippen LogP contribution in [0.2, 0.25) is 0 Å². The molecule has 5 N–H and O–H groups in total. The Kier molecular flexibility index (Phi) is 9.49. The Morgan fingerprint density at radius 3 is 2.54 bits per heavy atom. The van der Waals surface area contributed by atoms with Crippen molar-refractivity contribution in [1.82, 2.24) is 30.1 Å². The molecule has 250 valence electrons. The highest BCUT2D eigenvalue weighted by atomic mass is 32.1. The predicted octanol–water partition coefficient (Wildman–Crippen LogP) is 3.09. The number of hydrogen-bond donors (Lipinski definition) is 4. The van der Waals surface area contributed by atoms with E-state index in [1.54, 1.807) is 28.1 Å². The summed E-state index contributed by atoms with van der Waals surface area (Å²) >= 11 is 1.34. The van der Waals surface area contributed by atoms with Crippen LogP contribution in [-0.2, 0) is 33.7 Å². The van der Waals surface area contributed by atoms with Gasteiger partial charge in [0.25, 0.3) is 0 Å². The molecule has 14 nitrogen and oxygen atoms in total. The van der Waals surface area contributed by atoms with E-state index in [2.05, 4.69) is 21.4 Å². The van der Waals surface area contributed by atoms with E-state index < -0.39 is 26.1 Å². The Labute approximate surface area is 280 Å². The standard InChI is InChI=1S/C32H34N7O7PS/c1-2-15-37-20-28(40)38-25(16-21-11-13-24(14-12-21)46-47(43,44)45)30(41)36(18-23-9-6-10-26-29(23)35-31(33)48-26)19-27(38)39(37)32(42)34-17-22-7-4-3-5-8-22/h2-14,25,27H,1,15-20H2,(H2,33,35)(H,34,42)(H2,43,44,45)/t25-,27-/m0/s1. The van der Waals surface area contributed by atoms with Gasteiger partial charge in [-0.2, -0.15) is 0 Å². The minimum atomic E-state index is -4.77. The first-order chi connectivity index (χ1) is 23.0. The van der Waals surface area contributed by atoms with Crippen molar-refractivity contribution in [2.24, 2.45) is 0 Å². The van der Waals surface area contributed by atoms with Crippen molar-refractivity contribution < 1.29 is 33.3 Å². The molecule has 2 aliphatic rings. The van der Waals surface area contributed by atoms with Gasteiger partial charge in [0.1, 0.15) is 18.0 Å². The third-order valence-electron chi connectivity index (χ3n) is 8.12. The summed E-state index contributed by atoms with van der Waals surface area (Å²) in [5, 5.41) is 6.49. The number of hydrogen-bond acceptors (Lipinski definition) is 9. The monoisotopic (exact) mass is 691 g/mol. The first kappa shape index (κ1) is 33.1. The number of anilines is 1. The molecule has 0 bridgehead atoms. The molecule has 2 aliphatic heterocycles. The van der Waals surface area contributed by atoms with Crippen molar-refractivity contribution in [3.63, 3.8) is 0 Å². The molecule has 0 radical (unpaired) electrons. The number of urea groups is 1. The SMILES string of the molecule is C=CCN1CC(=O)N2[C@@H](Cc3ccc(OP(=O)(O)O)cc3)C(=O)N(Cc3cccc4sc(N)nc34)C[C@@H]2N1C(=O)NCc1ccccc1. The summed E-state index contributed by atoms with van der Waals surface area (Å²) in [6.07, 6.45) is 0.822. The van der Waals surface area contributed by atoms with Gasteiger partial charge in [0.2, 0.25) is 11.8 Å². The largest absolute Gasteiger partial charge is 0.524 e. The number of carbonyl (C=O) groups excluding carboxylic acids is 3. The summed E-state index contributed by atoms with van der Waals surface area (Å²) in [5.74, 6) is -0.701. The first-order valence-electron chi connectivity index (χ1n) is 15.1. The van der Waals surface area contributed by atoms with Gasteiger partial charge in [-0.05, 0) is 34.9 Å². The number of phosphoric ester groups is 1. The number of hydrazine groups is 1. The molecule has 2 saturated heterocycles. The number of nitrogens with one attached hydrogen (secondary N) is 1. The number of benzene rings is 3. The number of nitrogens with two attached hydrogens (primary N) is 1. The summed E-state index contributed by atoms with van der Waals surface area (Å²) in [5.41, 5.74) is 8.96. The Balaban J connectivity index is 1.35. The van der Waals surface area contributed by atoms with Crippen molar-refractivity contribution >= 4 is 52.4 Å². The maximum Gasteiger partial charge on any atom is 0.524 e. The topological polar surface area (TPSA) is 182 Å². The van der Waals surface area contributed by atoms with Crippen LogP contribution in [0.25, 0.3) is 10.2 Å². The molecule has 3 aromatic carbocycles. The molecule has 2 atom stereocenters. The fourth-order valence-corrected chi connectivity index (χ4v) is 7.28. The highest BCUT2D eigenvalue weighted by molar-refractivity contribution is 7.46. The Morgan fingerprint density at radius 1 is 1.08 bits per heavy atom. The van der Waals surface area contributed by atoms with Crippen LogP contribution in [0.1, 0.15) is 16.7 Å². The average molecular weight is 692 g/mol. The van der Waals surface area contributed by atoms with E-state index in [0.717, 1.165) is 15.8 Å². The van der Waals surface area contributed by atoms with Crippen molar-refractivity contribution in [1.29, 1.82) is 0 Å². The third-order valence-corrected chi connectivity index (χ3v) is 9.42. The quantitative estimate of drug-likeness (QED) is 0.143. The highest BCUT2D eigenvalue weighted by Crippen LogP contribution is 2.38. The molecule has 1 aromatic heterocycles. The number of nitrogen functional groups attached to an aromatic ring is 1. The molecule has 48 heavy (non-hydrogen) atoms. The van der Waals surface area contributed by atoms with E-state index in [9.17, 15) is 28.7 Å². The number of thiazole rings is 1. The zero-order valence-electron chi connectivity index (χ0n) is 25.7. The summed E-state index contributed by atoms with van der Waals surface area (Å²) in [6, 6.07) is 19.6. The summed E-state index contributed by atoms with van der Waals surface area (Å²) in [4.78, 5) is 68.1. The van der Waals surface area contributed by atoms with E-state index in [0.29, 0.717) is 16.2 Å². The zero-order valence-corrected chi connectivity index (χ0v) is 27.4. The van der Waals surface area contributed by atoms with Gasteiger partial charge >= 0.3 is 13.9 Å². The molecule has 0 unspecified atom stereocenters. The average Bonchev–Trinajstić information content (AvgIpc) is 3.44. The minimum absolute atomic E-state index is 0.0263. The number of piperazine rings is 1. The number of aromatic nitrogens is 1. The maximum absolute atomic E-state index is 14.3.